The molecule has 0 heterocycles. The molecule has 4 nitrogen and oxygen atoms in total. The molecule has 5 rings (SSSR count). The van der Waals surface area contributed by atoms with E-state index < -0.39 is 15.7 Å². The van der Waals surface area contributed by atoms with Crippen LogP contribution in [0.15, 0.2) is 53.4 Å². The summed E-state index contributed by atoms with van der Waals surface area (Å²) < 4.78 is 29.9. The lowest BCUT2D eigenvalue weighted by molar-refractivity contribution is -0.0477. The first-order valence-electron chi connectivity index (χ1n) is 9.16. The minimum Gasteiger partial charge on any atom is -0.389 e. The van der Waals surface area contributed by atoms with Gasteiger partial charge < -0.3 is 5.11 Å². The Morgan fingerprint density at radius 3 is 2.50 bits per heavy atom. The van der Waals surface area contributed by atoms with Crippen molar-refractivity contribution in [3.05, 3.63) is 65.2 Å². The van der Waals surface area contributed by atoms with Crippen LogP contribution in [0.3, 0.4) is 0 Å². The van der Waals surface area contributed by atoms with Crippen molar-refractivity contribution in [2.45, 2.75) is 54.9 Å². The van der Waals surface area contributed by atoms with E-state index in [1.54, 1.807) is 24.3 Å². The molecular formula is C21H24O4S. The fraction of sp³-hybridized carbons (Fsp3) is 0.429. The predicted octanol–water partition coefficient (Wildman–Crippen LogP) is 3.89. The molecule has 26 heavy (non-hydrogen) atoms. The summed E-state index contributed by atoms with van der Waals surface area (Å²) in [7, 11) is -3.79. The van der Waals surface area contributed by atoms with Gasteiger partial charge in [0.1, 0.15) is 0 Å². The third-order valence-corrected chi connectivity index (χ3v) is 7.27. The SMILES string of the molecule is Cc1ccc(S(=O)(=O)OCCC2(O)CC3CCC2c2ccccc23)cc1. The second-order valence-corrected chi connectivity index (χ2v) is 9.22. The van der Waals surface area contributed by atoms with Crippen molar-refractivity contribution in [3.8, 4) is 0 Å². The van der Waals surface area contributed by atoms with Crippen LogP contribution < -0.4 is 0 Å². The van der Waals surface area contributed by atoms with Gasteiger partial charge in [-0.25, -0.2) is 0 Å². The number of hydrogen-bond donors (Lipinski definition) is 1. The number of rotatable bonds is 5. The average Bonchev–Trinajstić information content (AvgIpc) is 2.62. The first-order chi connectivity index (χ1) is 12.4. The maximum Gasteiger partial charge on any atom is 0.296 e. The first-order valence-corrected chi connectivity index (χ1v) is 10.6. The second kappa shape index (κ2) is 6.48. The van der Waals surface area contributed by atoms with E-state index in [0.717, 1.165) is 18.4 Å². The topological polar surface area (TPSA) is 63.6 Å². The Morgan fingerprint density at radius 1 is 1.08 bits per heavy atom. The molecule has 2 aromatic carbocycles. The Labute approximate surface area is 155 Å². The minimum atomic E-state index is -3.79. The highest BCUT2D eigenvalue weighted by Gasteiger charge is 2.48. The molecule has 2 aromatic rings. The third kappa shape index (κ3) is 3.08. The van der Waals surface area contributed by atoms with Crippen LogP contribution in [-0.4, -0.2) is 25.7 Å². The van der Waals surface area contributed by atoms with Gasteiger partial charge in [-0.2, -0.15) is 8.42 Å². The highest BCUT2D eigenvalue weighted by molar-refractivity contribution is 7.86. The summed E-state index contributed by atoms with van der Waals surface area (Å²) in [6.45, 7) is 1.90. The molecule has 3 atom stereocenters. The van der Waals surface area contributed by atoms with Gasteiger partial charge in [0, 0.05) is 12.3 Å². The molecule has 0 amide bonds. The summed E-state index contributed by atoms with van der Waals surface area (Å²) in [5.74, 6) is 0.421. The van der Waals surface area contributed by atoms with E-state index in [4.69, 9.17) is 4.18 Å². The van der Waals surface area contributed by atoms with Crippen molar-refractivity contribution in [2.75, 3.05) is 6.61 Å². The lowest BCUT2D eigenvalue weighted by Gasteiger charge is -2.49. The molecule has 1 fully saturated rings. The normalized spacial score (nSPS) is 27.3. The molecule has 1 N–H and O–H groups in total. The summed E-state index contributed by atoms with van der Waals surface area (Å²) in [4.78, 5) is 0.158. The van der Waals surface area contributed by atoms with Crippen LogP contribution in [0.5, 0.6) is 0 Å². The van der Waals surface area contributed by atoms with Crippen molar-refractivity contribution >= 4 is 10.1 Å². The summed E-state index contributed by atoms with van der Waals surface area (Å²) in [6, 6.07) is 14.9. The van der Waals surface area contributed by atoms with Crippen molar-refractivity contribution in [1.82, 2.24) is 0 Å². The molecule has 138 valence electrons. The van der Waals surface area contributed by atoms with E-state index in [0.29, 0.717) is 18.8 Å². The van der Waals surface area contributed by atoms with E-state index in [1.165, 1.54) is 11.1 Å². The first kappa shape index (κ1) is 17.7. The number of fused-ring (bicyclic) bond motifs is 2. The quantitative estimate of drug-likeness (QED) is 0.809. The fourth-order valence-electron chi connectivity index (χ4n) is 4.60. The summed E-state index contributed by atoms with van der Waals surface area (Å²) >= 11 is 0. The molecule has 3 aliphatic rings. The Kier molecular flexibility index (Phi) is 4.41. The van der Waals surface area contributed by atoms with Gasteiger partial charge in [0.05, 0.1) is 17.1 Å². The highest BCUT2D eigenvalue weighted by Crippen LogP contribution is 2.55. The van der Waals surface area contributed by atoms with Crippen molar-refractivity contribution in [1.29, 1.82) is 0 Å². The van der Waals surface area contributed by atoms with Crippen molar-refractivity contribution in [2.24, 2.45) is 0 Å². The monoisotopic (exact) mass is 372 g/mol. The molecule has 0 spiro atoms. The summed E-state index contributed by atoms with van der Waals surface area (Å²) in [6.07, 6.45) is 3.05. The van der Waals surface area contributed by atoms with Gasteiger partial charge >= 0.3 is 0 Å². The van der Waals surface area contributed by atoms with Crippen LogP contribution >= 0.6 is 0 Å². The third-order valence-electron chi connectivity index (χ3n) is 5.95. The number of hydrogen-bond acceptors (Lipinski definition) is 4. The van der Waals surface area contributed by atoms with Crippen LogP contribution in [0, 0.1) is 6.92 Å². The van der Waals surface area contributed by atoms with E-state index in [-0.39, 0.29) is 17.4 Å². The number of aliphatic hydroxyl groups is 1. The van der Waals surface area contributed by atoms with E-state index in [2.05, 4.69) is 18.2 Å². The van der Waals surface area contributed by atoms with E-state index in [1.807, 2.05) is 13.0 Å². The fourth-order valence-corrected chi connectivity index (χ4v) is 5.50. The Balaban J connectivity index is 1.46. The van der Waals surface area contributed by atoms with Gasteiger partial charge in [0.25, 0.3) is 10.1 Å². The standard InChI is InChI=1S/C21H24O4S/c1-15-6-9-17(10-7-15)26(23,24)25-13-12-21(22)14-16-8-11-20(21)19-5-3-2-4-18(16)19/h2-7,9-10,16,20,22H,8,11-14H2,1H3. The molecule has 1 saturated carbocycles. The summed E-state index contributed by atoms with van der Waals surface area (Å²) in [5.41, 5.74) is 2.68. The number of aryl methyl sites for hydroxylation is 1. The van der Waals surface area contributed by atoms with Gasteiger partial charge in [-0.3, -0.25) is 4.18 Å². The van der Waals surface area contributed by atoms with Crippen molar-refractivity contribution < 1.29 is 17.7 Å². The molecule has 0 aliphatic heterocycles. The van der Waals surface area contributed by atoms with Crippen LogP contribution in [0.2, 0.25) is 0 Å². The zero-order valence-corrected chi connectivity index (χ0v) is 15.7. The molecule has 0 radical (unpaired) electrons. The molecule has 5 heteroatoms. The van der Waals surface area contributed by atoms with Gasteiger partial charge in [-0.15, -0.1) is 0 Å². The Bertz CT molecular complexity index is 904. The number of benzene rings is 2. The summed E-state index contributed by atoms with van der Waals surface area (Å²) in [5, 5.41) is 11.2. The average molecular weight is 372 g/mol. The van der Waals surface area contributed by atoms with Gasteiger partial charge in [0.15, 0.2) is 0 Å². The largest absolute Gasteiger partial charge is 0.389 e. The smallest absolute Gasteiger partial charge is 0.296 e. The molecule has 0 saturated heterocycles. The van der Waals surface area contributed by atoms with Gasteiger partial charge in [-0.1, -0.05) is 42.0 Å². The molecular weight excluding hydrogens is 348 g/mol. The van der Waals surface area contributed by atoms with Crippen LogP contribution in [0.4, 0.5) is 0 Å². The lowest BCUT2D eigenvalue weighted by atomic mass is 9.58. The van der Waals surface area contributed by atoms with E-state index >= 15 is 0 Å². The predicted molar refractivity (Wildman–Crippen MR) is 99.7 cm³/mol. The lowest BCUT2D eigenvalue weighted by Crippen LogP contribution is -2.46. The van der Waals surface area contributed by atoms with Crippen LogP contribution in [0.1, 0.15) is 54.2 Å². The molecule has 2 bridgehead atoms. The molecule has 3 unspecified atom stereocenters. The van der Waals surface area contributed by atoms with Crippen molar-refractivity contribution in [3.63, 3.8) is 0 Å². The maximum atomic E-state index is 12.3. The highest BCUT2D eigenvalue weighted by atomic mass is 32.2. The zero-order valence-electron chi connectivity index (χ0n) is 14.9. The van der Waals surface area contributed by atoms with Gasteiger partial charge in [0.2, 0.25) is 0 Å². The van der Waals surface area contributed by atoms with E-state index in [9.17, 15) is 13.5 Å². The molecule has 0 aromatic heterocycles. The second-order valence-electron chi connectivity index (χ2n) is 7.60. The Morgan fingerprint density at radius 2 is 1.77 bits per heavy atom. The minimum absolute atomic E-state index is 0.00189. The van der Waals surface area contributed by atoms with Crippen LogP contribution in [0.25, 0.3) is 0 Å². The zero-order chi connectivity index (χ0) is 18.4. The molecule has 3 aliphatic carbocycles. The Hall–Kier alpha value is -1.69. The van der Waals surface area contributed by atoms with Crippen LogP contribution in [-0.2, 0) is 14.3 Å². The maximum absolute atomic E-state index is 12.3. The van der Waals surface area contributed by atoms with Gasteiger partial charge in [-0.05, 0) is 55.4 Å².